The summed E-state index contributed by atoms with van der Waals surface area (Å²) in [7, 11) is 0. The summed E-state index contributed by atoms with van der Waals surface area (Å²) in [5.41, 5.74) is 0. The molecule has 0 heterocycles. The molecule has 5 nitrogen and oxygen atoms in total. The van der Waals surface area contributed by atoms with Crippen LogP contribution in [0.2, 0.25) is 0 Å². The minimum absolute atomic E-state index is 0.224. The molecule has 1 fully saturated rings. The van der Waals surface area contributed by atoms with Gasteiger partial charge in [-0.3, -0.25) is 4.79 Å². The zero-order valence-electron chi connectivity index (χ0n) is 12.9. The van der Waals surface area contributed by atoms with Crippen LogP contribution in [0.3, 0.4) is 0 Å². The highest BCUT2D eigenvalue weighted by molar-refractivity contribution is 7.98. The van der Waals surface area contributed by atoms with Gasteiger partial charge in [0.15, 0.2) is 0 Å². The van der Waals surface area contributed by atoms with Crippen molar-refractivity contribution in [3.05, 3.63) is 0 Å². The molecular weight excluding hydrogens is 288 g/mol. The Kier molecular flexibility index (Phi) is 9.30. The number of unbranched alkanes of at least 4 members (excludes halogenated alkanes) is 2. The highest BCUT2D eigenvalue weighted by Crippen LogP contribution is 2.23. The summed E-state index contributed by atoms with van der Waals surface area (Å²) in [6, 6.07) is -0.459. The van der Waals surface area contributed by atoms with E-state index in [1.165, 1.54) is 6.42 Å². The van der Waals surface area contributed by atoms with E-state index in [1.807, 2.05) is 11.8 Å². The van der Waals surface area contributed by atoms with Crippen LogP contribution in [0.1, 0.15) is 51.4 Å². The van der Waals surface area contributed by atoms with Crippen LogP contribution in [0.5, 0.6) is 0 Å². The Bertz CT molecular complexity index is 326. The molecule has 2 amide bonds. The largest absolute Gasteiger partial charge is 0.481 e. The summed E-state index contributed by atoms with van der Waals surface area (Å²) in [6.45, 7) is 0.657. The number of urea groups is 1. The van der Waals surface area contributed by atoms with Gasteiger partial charge in [-0.2, -0.15) is 11.8 Å². The number of amides is 2. The van der Waals surface area contributed by atoms with Crippen molar-refractivity contribution in [2.75, 3.05) is 18.6 Å². The smallest absolute Gasteiger partial charge is 0.315 e. The topological polar surface area (TPSA) is 78.4 Å². The SMILES string of the molecule is CSCCCCCNC(=O)NC1CCCCCC1C(=O)O. The molecule has 0 aromatic carbocycles. The van der Waals surface area contributed by atoms with Crippen molar-refractivity contribution in [1.82, 2.24) is 10.6 Å². The average Bonchev–Trinajstić information content (AvgIpc) is 2.68. The number of carbonyl (C=O) groups is 2. The first-order valence-corrected chi connectivity index (χ1v) is 9.30. The van der Waals surface area contributed by atoms with Crippen LogP contribution in [0.15, 0.2) is 0 Å². The van der Waals surface area contributed by atoms with Crippen molar-refractivity contribution >= 4 is 23.8 Å². The first-order chi connectivity index (χ1) is 10.1. The van der Waals surface area contributed by atoms with Crippen molar-refractivity contribution in [2.24, 2.45) is 5.92 Å². The zero-order valence-corrected chi connectivity index (χ0v) is 13.7. The van der Waals surface area contributed by atoms with Crippen LogP contribution in [0, 0.1) is 5.92 Å². The maximum atomic E-state index is 11.9. The van der Waals surface area contributed by atoms with Gasteiger partial charge in [-0.1, -0.05) is 25.7 Å². The number of carbonyl (C=O) groups excluding carboxylic acids is 1. The van der Waals surface area contributed by atoms with E-state index in [1.54, 1.807) is 0 Å². The lowest BCUT2D eigenvalue weighted by atomic mass is 9.95. The van der Waals surface area contributed by atoms with Crippen LogP contribution in [-0.4, -0.2) is 41.7 Å². The third-order valence-electron chi connectivity index (χ3n) is 3.96. The third-order valence-corrected chi connectivity index (χ3v) is 4.66. The summed E-state index contributed by atoms with van der Waals surface area (Å²) >= 11 is 1.84. The van der Waals surface area contributed by atoms with Crippen LogP contribution in [0.4, 0.5) is 4.79 Å². The number of carboxylic acid groups (broad SMARTS) is 1. The predicted molar refractivity (Wildman–Crippen MR) is 86.8 cm³/mol. The first kappa shape index (κ1) is 18.1. The molecule has 0 spiro atoms. The number of rotatable bonds is 8. The number of hydrogen-bond donors (Lipinski definition) is 3. The molecule has 0 saturated heterocycles. The lowest BCUT2D eigenvalue weighted by Gasteiger charge is -2.23. The normalized spacial score (nSPS) is 22.3. The van der Waals surface area contributed by atoms with Crippen LogP contribution < -0.4 is 10.6 Å². The van der Waals surface area contributed by atoms with Crippen molar-refractivity contribution in [3.63, 3.8) is 0 Å². The summed E-state index contributed by atoms with van der Waals surface area (Å²) in [4.78, 5) is 23.1. The Morgan fingerprint density at radius 2 is 1.90 bits per heavy atom. The second-order valence-electron chi connectivity index (χ2n) is 5.64. The molecule has 6 heteroatoms. The molecule has 21 heavy (non-hydrogen) atoms. The van der Waals surface area contributed by atoms with E-state index in [2.05, 4.69) is 16.9 Å². The van der Waals surface area contributed by atoms with Gasteiger partial charge in [-0.05, 0) is 37.7 Å². The van der Waals surface area contributed by atoms with Gasteiger partial charge in [0.05, 0.1) is 5.92 Å². The standard InChI is InChI=1S/C15H28N2O3S/c1-21-11-7-3-6-10-16-15(20)17-13-9-5-2-4-8-12(13)14(18)19/h12-13H,2-11H2,1H3,(H,18,19)(H2,16,17,20). The minimum atomic E-state index is -0.792. The fraction of sp³-hybridized carbons (Fsp3) is 0.867. The molecule has 0 bridgehead atoms. The molecule has 0 aromatic rings. The van der Waals surface area contributed by atoms with Crippen molar-refractivity contribution in [2.45, 2.75) is 57.4 Å². The highest BCUT2D eigenvalue weighted by atomic mass is 32.2. The fourth-order valence-corrected chi connectivity index (χ4v) is 3.24. The van der Waals surface area contributed by atoms with Crippen LogP contribution in [0.25, 0.3) is 0 Å². The Labute approximate surface area is 131 Å². The Morgan fingerprint density at radius 1 is 1.14 bits per heavy atom. The molecule has 0 aromatic heterocycles. The average molecular weight is 316 g/mol. The molecule has 0 aliphatic heterocycles. The Morgan fingerprint density at radius 3 is 2.62 bits per heavy atom. The monoisotopic (exact) mass is 316 g/mol. The Hall–Kier alpha value is -0.910. The van der Waals surface area contributed by atoms with Gasteiger partial charge in [-0.15, -0.1) is 0 Å². The number of carboxylic acids is 1. The van der Waals surface area contributed by atoms with E-state index in [0.29, 0.717) is 13.0 Å². The second-order valence-corrected chi connectivity index (χ2v) is 6.63. The Balaban J connectivity index is 2.25. The van der Waals surface area contributed by atoms with Gasteiger partial charge in [0.1, 0.15) is 0 Å². The van der Waals surface area contributed by atoms with E-state index in [-0.39, 0.29) is 12.1 Å². The first-order valence-electron chi connectivity index (χ1n) is 7.91. The van der Waals surface area contributed by atoms with Gasteiger partial charge in [0, 0.05) is 12.6 Å². The third kappa shape index (κ3) is 7.60. The summed E-state index contributed by atoms with van der Waals surface area (Å²) in [5.74, 6) is -0.0757. The summed E-state index contributed by atoms with van der Waals surface area (Å²) < 4.78 is 0. The van der Waals surface area contributed by atoms with Crippen molar-refractivity contribution in [1.29, 1.82) is 0 Å². The molecule has 3 N–H and O–H groups in total. The van der Waals surface area contributed by atoms with Crippen molar-refractivity contribution < 1.29 is 14.7 Å². The van der Waals surface area contributed by atoms with E-state index in [0.717, 1.165) is 44.3 Å². The van der Waals surface area contributed by atoms with Gasteiger partial charge in [0.25, 0.3) is 0 Å². The van der Waals surface area contributed by atoms with E-state index >= 15 is 0 Å². The summed E-state index contributed by atoms with van der Waals surface area (Å²) in [6.07, 6.45) is 9.76. The van der Waals surface area contributed by atoms with E-state index in [4.69, 9.17) is 0 Å². The maximum absolute atomic E-state index is 11.9. The predicted octanol–water partition coefficient (Wildman–Crippen LogP) is 2.85. The molecule has 1 rings (SSSR count). The highest BCUT2D eigenvalue weighted by Gasteiger charge is 2.30. The minimum Gasteiger partial charge on any atom is -0.481 e. The maximum Gasteiger partial charge on any atom is 0.315 e. The van der Waals surface area contributed by atoms with Crippen LogP contribution in [-0.2, 0) is 4.79 Å². The van der Waals surface area contributed by atoms with Crippen molar-refractivity contribution in [3.8, 4) is 0 Å². The summed E-state index contributed by atoms with van der Waals surface area (Å²) in [5, 5.41) is 15.0. The molecule has 1 aliphatic carbocycles. The molecule has 2 unspecified atom stereocenters. The molecule has 2 atom stereocenters. The lowest BCUT2D eigenvalue weighted by molar-refractivity contribution is -0.142. The quantitative estimate of drug-likeness (QED) is 0.475. The van der Waals surface area contributed by atoms with E-state index < -0.39 is 11.9 Å². The molecular formula is C15H28N2O3S. The van der Waals surface area contributed by atoms with Gasteiger partial charge in [0.2, 0.25) is 0 Å². The number of hydrogen-bond acceptors (Lipinski definition) is 3. The number of nitrogens with one attached hydrogen (secondary N) is 2. The lowest BCUT2D eigenvalue weighted by Crippen LogP contribution is -2.47. The van der Waals surface area contributed by atoms with Gasteiger partial charge in [-0.25, -0.2) is 4.79 Å². The molecule has 0 radical (unpaired) electrons. The fourth-order valence-electron chi connectivity index (χ4n) is 2.75. The van der Waals surface area contributed by atoms with Crippen LogP contribution >= 0.6 is 11.8 Å². The molecule has 122 valence electrons. The second kappa shape index (κ2) is 10.8. The molecule has 1 aliphatic rings. The number of aliphatic carboxylic acids is 1. The number of thioether (sulfide) groups is 1. The molecule has 1 saturated carbocycles. The zero-order chi connectivity index (χ0) is 15.5. The van der Waals surface area contributed by atoms with Gasteiger partial charge >= 0.3 is 12.0 Å². The van der Waals surface area contributed by atoms with Gasteiger partial charge < -0.3 is 15.7 Å². The van der Waals surface area contributed by atoms with E-state index in [9.17, 15) is 14.7 Å².